The summed E-state index contributed by atoms with van der Waals surface area (Å²) in [5.41, 5.74) is 0.979. The summed E-state index contributed by atoms with van der Waals surface area (Å²) in [5, 5.41) is 7.39. The first-order chi connectivity index (χ1) is 9.77. The summed E-state index contributed by atoms with van der Waals surface area (Å²) < 4.78 is 54.0. The SMILES string of the molecule is Cn1nnc(Br)c1C(NN)c1cccc(C(F)(F)F)c1F. The molecule has 2 aromatic rings. The van der Waals surface area contributed by atoms with Crippen LogP contribution in [0, 0.1) is 5.82 Å². The molecule has 0 saturated heterocycles. The summed E-state index contributed by atoms with van der Waals surface area (Å²) in [6.45, 7) is 0. The predicted molar refractivity (Wildman–Crippen MR) is 69.3 cm³/mol. The molecule has 21 heavy (non-hydrogen) atoms. The fraction of sp³-hybridized carbons (Fsp3) is 0.273. The van der Waals surface area contributed by atoms with Gasteiger partial charge < -0.3 is 0 Å². The first kappa shape index (κ1) is 15.9. The van der Waals surface area contributed by atoms with Crippen molar-refractivity contribution in [2.75, 3.05) is 0 Å². The summed E-state index contributed by atoms with van der Waals surface area (Å²) in [6, 6.07) is 1.96. The van der Waals surface area contributed by atoms with Crippen LogP contribution in [0.4, 0.5) is 17.6 Å². The van der Waals surface area contributed by atoms with E-state index in [2.05, 4.69) is 31.7 Å². The Morgan fingerprint density at radius 2 is 2.05 bits per heavy atom. The van der Waals surface area contributed by atoms with Crippen LogP contribution < -0.4 is 11.3 Å². The number of hydrogen-bond acceptors (Lipinski definition) is 4. The van der Waals surface area contributed by atoms with Crippen molar-refractivity contribution in [1.82, 2.24) is 20.4 Å². The molecular formula is C11H10BrF4N5. The molecule has 1 heterocycles. The van der Waals surface area contributed by atoms with E-state index < -0.39 is 23.6 Å². The fourth-order valence-electron chi connectivity index (χ4n) is 1.95. The number of nitrogens with zero attached hydrogens (tertiary/aromatic N) is 3. The lowest BCUT2D eigenvalue weighted by atomic mass is 10.0. The lowest BCUT2D eigenvalue weighted by Gasteiger charge is -2.19. The van der Waals surface area contributed by atoms with Gasteiger partial charge in [0.15, 0.2) is 4.60 Å². The zero-order valence-electron chi connectivity index (χ0n) is 10.6. The Hall–Kier alpha value is -1.52. The topological polar surface area (TPSA) is 68.8 Å². The highest BCUT2D eigenvalue weighted by Gasteiger charge is 2.36. The minimum atomic E-state index is -4.79. The molecule has 1 unspecified atom stereocenters. The Labute approximate surface area is 125 Å². The zero-order valence-corrected chi connectivity index (χ0v) is 12.2. The van der Waals surface area contributed by atoms with Crippen LogP contribution in [0.5, 0.6) is 0 Å². The maximum absolute atomic E-state index is 14.2. The number of aromatic nitrogens is 3. The van der Waals surface area contributed by atoms with Gasteiger partial charge in [-0.1, -0.05) is 17.3 Å². The van der Waals surface area contributed by atoms with Crippen LogP contribution in [0.25, 0.3) is 0 Å². The van der Waals surface area contributed by atoms with Crippen LogP contribution in [-0.4, -0.2) is 15.0 Å². The van der Waals surface area contributed by atoms with Gasteiger partial charge in [0.1, 0.15) is 5.82 Å². The van der Waals surface area contributed by atoms with Crippen LogP contribution in [0.1, 0.15) is 22.9 Å². The van der Waals surface area contributed by atoms with Gasteiger partial charge in [0.2, 0.25) is 0 Å². The minimum Gasteiger partial charge on any atom is -0.271 e. The Morgan fingerprint density at radius 3 is 2.52 bits per heavy atom. The smallest absolute Gasteiger partial charge is 0.271 e. The van der Waals surface area contributed by atoms with Crippen molar-refractivity contribution in [3.05, 3.63) is 45.4 Å². The summed E-state index contributed by atoms with van der Waals surface area (Å²) >= 11 is 3.10. The molecule has 3 N–H and O–H groups in total. The number of hydrazine groups is 1. The Balaban J connectivity index is 2.59. The van der Waals surface area contributed by atoms with Gasteiger partial charge in [-0.05, 0) is 22.0 Å². The van der Waals surface area contributed by atoms with Crippen molar-refractivity contribution < 1.29 is 17.6 Å². The largest absolute Gasteiger partial charge is 0.419 e. The number of hydrogen-bond donors (Lipinski definition) is 2. The number of nitrogens with two attached hydrogens (primary N) is 1. The summed E-state index contributed by atoms with van der Waals surface area (Å²) in [7, 11) is 1.52. The van der Waals surface area contributed by atoms with E-state index >= 15 is 0 Å². The number of alkyl halides is 3. The maximum Gasteiger partial charge on any atom is 0.419 e. The first-order valence-corrected chi connectivity index (χ1v) is 6.43. The van der Waals surface area contributed by atoms with Crippen LogP contribution >= 0.6 is 15.9 Å². The van der Waals surface area contributed by atoms with Gasteiger partial charge in [-0.25, -0.2) is 14.5 Å². The number of benzene rings is 1. The molecule has 1 aromatic heterocycles. The third-order valence-corrected chi connectivity index (χ3v) is 3.48. The second-order valence-corrected chi connectivity index (χ2v) is 4.95. The standard InChI is InChI=1S/C11H10BrF4N5/c1-21-9(10(12)19-20-21)8(18-17)5-3-2-4-6(7(5)13)11(14,15)16/h2-4,8,18H,17H2,1H3. The molecule has 0 bridgehead atoms. The van der Waals surface area contributed by atoms with E-state index in [-0.39, 0.29) is 10.2 Å². The predicted octanol–water partition coefficient (Wildman–Crippen LogP) is 2.29. The van der Waals surface area contributed by atoms with E-state index in [9.17, 15) is 17.6 Å². The molecule has 5 nitrogen and oxygen atoms in total. The molecule has 0 aliphatic carbocycles. The van der Waals surface area contributed by atoms with Crippen molar-refractivity contribution in [2.45, 2.75) is 12.2 Å². The highest BCUT2D eigenvalue weighted by molar-refractivity contribution is 9.10. The van der Waals surface area contributed by atoms with Crippen molar-refractivity contribution in [2.24, 2.45) is 12.9 Å². The van der Waals surface area contributed by atoms with Crippen LogP contribution in [0.2, 0.25) is 0 Å². The summed E-state index contributed by atoms with van der Waals surface area (Å²) in [5.74, 6) is 3.99. The monoisotopic (exact) mass is 367 g/mol. The van der Waals surface area contributed by atoms with E-state index in [1.165, 1.54) is 17.8 Å². The van der Waals surface area contributed by atoms with Crippen LogP contribution in [-0.2, 0) is 13.2 Å². The number of halogens is 5. The lowest BCUT2D eigenvalue weighted by molar-refractivity contribution is -0.140. The summed E-state index contributed by atoms with van der Waals surface area (Å²) in [6.07, 6.45) is -4.79. The molecule has 0 amide bonds. The Kier molecular flexibility index (Phi) is 4.30. The van der Waals surface area contributed by atoms with Crippen LogP contribution in [0.15, 0.2) is 22.8 Å². The van der Waals surface area contributed by atoms with Gasteiger partial charge in [0, 0.05) is 12.6 Å². The molecular weight excluding hydrogens is 358 g/mol. The molecule has 1 aromatic carbocycles. The molecule has 0 saturated carbocycles. The van der Waals surface area contributed by atoms with Crippen LogP contribution in [0.3, 0.4) is 0 Å². The minimum absolute atomic E-state index is 0.251. The van der Waals surface area contributed by atoms with Gasteiger partial charge in [0.05, 0.1) is 17.3 Å². The van der Waals surface area contributed by atoms with Crippen molar-refractivity contribution >= 4 is 15.9 Å². The van der Waals surface area contributed by atoms with E-state index in [1.54, 1.807) is 0 Å². The summed E-state index contributed by atoms with van der Waals surface area (Å²) in [4.78, 5) is 0. The van der Waals surface area contributed by atoms with Gasteiger partial charge in [-0.2, -0.15) is 13.2 Å². The molecule has 2 rings (SSSR count). The van der Waals surface area contributed by atoms with E-state index in [4.69, 9.17) is 5.84 Å². The molecule has 1 atom stereocenters. The number of aryl methyl sites for hydroxylation is 1. The Morgan fingerprint density at radius 1 is 1.38 bits per heavy atom. The maximum atomic E-state index is 14.2. The van der Waals surface area contributed by atoms with E-state index in [0.29, 0.717) is 11.8 Å². The highest BCUT2D eigenvalue weighted by atomic mass is 79.9. The molecule has 0 radical (unpaired) electrons. The number of nitrogens with one attached hydrogen (secondary N) is 1. The second kappa shape index (κ2) is 5.70. The van der Waals surface area contributed by atoms with Gasteiger partial charge in [0.25, 0.3) is 0 Å². The van der Waals surface area contributed by atoms with Crippen molar-refractivity contribution in [1.29, 1.82) is 0 Å². The normalized spacial score (nSPS) is 13.5. The molecule has 0 spiro atoms. The quantitative estimate of drug-likeness (QED) is 0.496. The van der Waals surface area contributed by atoms with E-state index in [0.717, 1.165) is 6.07 Å². The van der Waals surface area contributed by atoms with Crippen molar-refractivity contribution in [3.8, 4) is 0 Å². The van der Waals surface area contributed by atoms with Gasteiger partial charge in [-0.3, -0.25) is 5.84 Å². The first-order valence-electron chi connectivity index (χ1n) is 5.64. The Bertz CT molecular complexity index is 635. The average Bonchev–Trinajstić information content (AvgIpc) is 2.72. The zero-order chi connectivity index (χ0) is 15.8. The third-order valence-electron chi connectivity index (χ3n) is 2.91. The molecule has 0 fully saturated rings. The van der Waals surface area contributed by atoms with Gasteiger partial charge >= 0.3 is 6.18 Å². The molecule has 0 aliphatic rings. The van der Waals surface area contributed by atoms with Crippen molar-refractivity contribution in [3.63, 3.8) is 0 Å². The number of rotatable bonds is 3. The average molecular weight is 368 g/mol. The molecule has 114 valence electrons. The second-order valence-electron chi connectivity index (χ2n) is 4.20. The fourth-order valence-corrected chi connectivity index (χ4v) is 2.51. The lowest BCUT2D eigenvalue weighted by Crippen LogP contribution is -2.31. The third kappa shape index (κ3) is 2.92. The molecule has 10 heteroatoms. The van der Waals surface area contributed by atoms with E-state index in [1.807, 2.05) is 0 Å². The van der Waals surface area contributed by atoms with Gasteiger partial charge in [-0.15, -0.1) is 5.10 Å². The highest BCUT2D eigenvalue weighted by Crippen LogP contribution is 2.35. The molecule has 0 aliphatic heterocycles.